The smallest absolute Gasteiger partial charge is 0.303 e. The molecular weight excluding hydrogens is 378 g/mol. The second-order valence-electron chi connectivity index (χ2n) is 6.34. The Bertz CT molecular complexity index is 1020. The molecule has 9 heteroatoms. The van der Waals surface area contributed by atoms with Gasteiger partial charge >= 0.3 is 5.97 Å². The summed E-state index contributed by atoms with van der Waals surface area (Å²) in [5.41, 5.74) is 3.28. The van der Waals surface area contributed by atoms with Gasteiger partial charge in [-0.25, -0.2) is 9.50 Å². The van der Waals surface area contributed by atoms with E-state index in [4.69, 9.17) is 5.11 Å². The molecule has 0 saturated carbocycles. The van der Waals surface area contributed by atoms with E-state index in [2.05, 4.69) is 20.4 Å². The van der Waals surface area contributed by atoms with Gasteiger partial charge in [-0.1, -0.05) is 30.0 Å². The van der Waals surface area contributed by atoms with Crippen LogP contribution < -0.4 is 5.32 Å². The molecule has 28 heavy (non-hydrogen) atoms. The van der Waals surface area contributed by atoms with Crippen molar-refractivity contribution in [1.82, 2.24) is 24.9 Å². The van der Waals surface area contributed by atoms with Crippen molar-refractivity contribution >= 4 is 29.4 Å². The van der Waals surface area contributed by atoms with Crippen molar-refractivity contribution < 1.29 is 14.7 Å². The van der Waals surface area contributed by atoms with E-state index in [9.17, 15) is 9.59 Å². The SMILES string of the molecule is Cc1cc(C)n2nc(SCc3ccccc3C(=O)NCCCC(=O)O)nc2n1. The number of carbonyl (C=O) groups excluding carboxylic acids is 1. The van der Waals surface area contributed by atoms with Crippen LogP contribution in [0.25, 0.3) is 5.78 Å². The van der Waals surface area contributed by atoms with E-state index < -0.39 is 5.97 Å². The third kappa shape index (κ3) is 4.86. The normalized spacial score (nSPS) is 10.9. The minimum atomic E-state index is -0.870. The number of amides is 1. The number of nitrogens with one attached hydrogen (secondary N) is 1. The van der Waals surface area contributed by atoms with Gasteiger partial charge in [0.2, 0.25) is 5.16 Å². The lowest BCUT2D eigenvalue weighted by atomic mass is 10.1. The lowest BCUT2D eigenvalue weighted by molar-refractivity contribution is -0.137. The molecule has 2 N–H and O–H groups in total. The highest BCUT2D eigenvalue weighted by Gasteiger charge is 2.13. The largest absolute Gasteiger partial charge is 0.481 e. The first kappa shape index (κ1) is 19.8. The first-order valence-electron chi connectivity index (χ1n) is 8.86. The quantitative estimate of drug-likeness (QED) is 0.443. The molecule has 0 fully saturated rings. The van der Waals surface area contributed by atoms with Gasteiger partial charge < -0.3 is 10.4 Å². The summed E-state index contributed by atoms with van der Waals surface area (Å²) in [6.45, 7) is 4.19. The minimum Gasteiger partial charge on any atom is -0.481 e. The standard InChI is InChI=1S/C19H21N5O3S/c1-12-10-13(2)24-18(21-12)22-19(23-24)28-11-14-6-3-4-7-15(14)17(27)20-9-5-8-16(25)26/h3-4,6-7,10H,5,8-9,11H2,1-2H3,(H,20,27)(H,25,26). The molecule has 1 amide bonds. The van der Waals surface area contributed by atoms with Gasteiger partial charge in [-0.05, 0) is 38.0 Å². The zero-order valence-corrected chi connectivity index (χ0v) is 16.5. The summed E-state index contributed by atoms with van der Waals surface area (Å²) >= 11 is 1.44. The maximum Gasteiger partial charge on any atom is 0.303 e. The molecule has 0 radical (unpaired) electrons. The molecule has 0 spiro atoms. The lowest BCUT2D eigenvalue weighted by Crippen LogP contribution is -2.25. The van der Waals surface area contributed by atoms with Crippen molar-refractivity contribution in [3.63, 3.8) is 0 Å². The highest BCUT2D eigenvalue weighted by atomic mass is 32.2. The minimum absolute atomic E-state index is 0.0320. The van der Waals surface area contributed by atoms with Gasteiger partial charge in [0.1, 0.15) is 0 Å². The van der Waals surface area contributed by atoms with Gasteiger partial charge in [0.15, 0.2) is 0 Å². The Morgan fingerprint density at radius 1 is 1.21 bits per heavy atom. The number of aliphatic carboxylic acids is 1. The number of carbonyl (C=O) groups is 2. The Hall–Kier alpha value is -2.94. The van der Waals surface area contributed by atoms with Crippen molar-refractivity contribution in [2.45, 2.75) is 37.6 Å². The third-order valence-corrected chi connectivity index (χ3v) is 4.96. The number of carboxylic acid groups (broad SMARTS) is 1. The zero-order chi connectivity index (χ0) is 20.1. The molecule has 8 nitrogen and oxygen atoms in total. The van der Waals surface area contributed by atoms with E-state index >= 15 is 0 Å². The van der Waals surface area contributed by atoms with Gasteiger partial charge in [0.25, 0.3) is 11.7 Å². The molecule has 0 saturated heterocycles. The van der Waals surface area contributed by atoms with Crippen molar-refractivity contribution in [1.29, 1.82) is 0 Å². The molecule has 0 aliphatic rings. The number of aromatic nitrogens is 4. The molecule has 0 atom stereocenters. The first-order chi connectivity index (χ1) is 13.4. The molecule has 3 aromatic rings. The van der Waals surface area contributed by atoms with Crippen molar-refractivity contribution in [3.8, 4) is 0 Å². The van der Waals surface area contributed by atoms with Crippen LogP contribution in [0.4, 0.5) is 0 Å². The summed E-state index contributed by atoms with van der Waals surface area (Å²) in [7, 11) is 0. The number of fused-ring (bicyclic) bond motifs is 1. The van der Waals surface area contributed by atoms with Crippen LogP contribution in [-0.4, -0.2) is 43.1 Å². The average molecular weight is 399 g/mol. The molecule has 3 rings (SSSR count). The van der Waals surface area contributed by atoms with Gasteiger partial charge in [0, 0.05) is 35.7 Å². The van der Waals surface area contributed by atoms with E-state index in [1.54, 1.807) is 16.6 Å². The molecule has 1 aromatic carbocycles. The predicted molar refractivity (Wildman–Crippen MR) is 105 cm³/mol. The first-order valence-corrected chi connectivity index (χ1v) is 9.84. The monoisotopic (exact) mass is 399 g/mol. The summed E-state index contributed by atoms with van der Waals surface area (Å²) in [6, 6.07) is 9.28. The number of hydrogen-bond acceptors (Lipinski definition) is 6. The summed E-state index contributed by atoms with van der Waals surface area (Å²) in [6.07, 6.45) is 0.430. The number of hydrogen-bond donors (Lipinski definition) is 2. The van der Waals surface area contributed by atoms with E-state index in [-0.39, 0.29) is 12.3 Å². The molecule has 0 aliphatic heterocycles. The molecule has 0 unspecified atom stereocenters. The van der Waals surface area contributed by atoms with Gasteiger partial charge in [-0.3, -0.25) is 9.59 Å². The van der Waals surface area contributed by atoms with Crippen LogP contribution in [-0.2, 0) is 10.5 Å². The Kier molecular flexibility index (Phi) is 6.25. The number of rotatable bonds is 8. The van der Waals surface area contributed by atoms with Crippen LogP contribution in [0.15, 0.2) is 35.5 Å². The Morgan fingerprint density at radius 2 is 2.00 bits per heavy atom. The lowest BCUT2D eigenvalue weighted by Gasteiger charge is -2.09. The molecular formula is C19H21N5O3S. The topological polar surface area (TPSA) is 109 Å². The number of benzene rings is 1. The molecule has 2 heterocycles. The van der Waals surface area contributed by atoms with Crippen LogP contribution in [0.5, 0.6) is 0 Å². The average Bonchev–Trinajstić information content (AvgIpc) is 3.06. The zero-order valence-electron chi connectivity index (χ0n) is 15.7. The fraction of sp³-hybridized carbons (Fsp3) is 0.316. The van der Waals surface area contributed by atoms with E-state index in [0.717, 1.165) is 17.0 Å². The number of aryl methyl sites for hydroxylation is 2. The van der Waals surface area contributed by atoms with Crippen LogP contribution in [0.3, 0.4) is 0 Å². The molecule has 146 valence electrons. The molecule has 0 aliphatic carbocycles. The van der Waals surface area contributed by atoms with E-state index in [1.807, 2.05) is 32.0 Å². The van der Waals surface area contributed by atoms with Crippen LogP contribution >= 0.6 is 11.8 Å². The highest BCUT2D eigenvalue weighted by molar-refractivity contribution is 7.98. The second-order valence-corrected chi connectivity index (χ2v) is 7.29. The van der Waals surface area contributed by atoms with E-state index in [0.29, 0.717) is 35.2 Å². The van der Waals surface area contributed by atoms with Gasteiger partial charge in [0.05, 0.1) is 0 Å². The number of carboxylic acids is 1. The Balaban J connectivity index is 1.67. The fourth-order valence-corrected chi connectivity index (χ4v) is 3.58. The van der Waals surface area contributed by atoms with Crippen LogP contribution in [0.2, 0.25) is 0 Å². The fourth-order valence-electron chi connectivity index (χ4n) is 2.76. The maximum absolute atomic E-state index is 12.4. The van der Waals surface area contributed by atoms with Crippen LogP contribution in [0.1, 0.15) is 40.2 Å². The Labute approximate surface area is 166 Å². The summed E-state index contributed by atoms with van der Waals surface area (Å²) in [5.74, 6) is 0.0150. The summed E-state index contributed by atoms with van der Waals surface area (Å²) < 4.78 is 1.70. The summed E-state index contributed by atoms with van der Waals surface area (Å²) in [5, 5.41) is 16.5. The molecule has 0 bridgehead atoms. The second kappa shape index (κ2) is 8.83. The maximum atomic E-state index is 12.4. The van der Waals surface area contributed by atoms with Crippen molar-refractivity contribution in [3.05, 3.63) is 52.8 Å². The highest BCUT2D eigenvalue weighted by Crippen LogP contribution is 2.22. The number of thioether (sulfide) groups is 1. The van der Waals surface area contributed by atoms with Crippen LogP contribution in [0, 0.1) is 13.8 Å². The Morgan fingerprint density at radius 3 is 2.79 bits per heavy atom. The summed E-state index contributed by atoms with van der Waals surface area (Å²) in [4.78, 5) is 31.8. The van der Waals surface area contributed by atoms with Gasteiger partial charge in [-0.2, -0.15) is 4.98 Å². The number of nitrogens with zero attached hydrogens (tertiary/aromatic N) is 4. The molecule has 2 aromatic heterocycles. The van der Waals surface area contributed by atoms with E-state index in [1.165, 1.54) is 11.8 Å². The van der Waals surface area contributed by atoms with Crippen molar-refractivity contribution in [2.75, 3.05) is 6.54 Å². The van der Waals surface area contributed by atoms with Gasteiger partial charge in [-0.15, -0.1) is 5.10 Å². The van der Waals surface area contributed by atoms with Crippen molar-refractivity contribution in [2.24, 2.45) is 0 Å². The predicted octanol–water partition coefficient (Wildman–Crippen LogP) is 2.63. The third-order valence-electron chi connectivity index (χ3n) is 4.07.